The van der Waals surface area contributed by atoms with E-state index < -0.39 is 0 Å². The van der Waals surface area contributed by atoms with Crippen molar-refractivity contribution in [3.8, 4) is 0 Å². The van der Waals surface area contributed by atoms with Gasteiger partial charge in [-0.2, -0.15) is 0 Å². The standard InChI is InChI=1S/C18H28BrNO/c1-21-12-11-20-14-17(15-7-3-2-4-8-15)13-16-9-5-6-10-18(16)19/h5-6,9-10,15,17,20H,2-4,7-8,11-14H2,1H3. The zero-order valence-corrected chi connectivity index (χ0v) is 14.7. The van der Waals surface area contributed by atoms with Crippen LogP contribution in [0.25, 0.3) is 0 Å². The van der Waals surface area contributed by atoms with Crippen LogP contribution in [0.3, 0.4) is 0 Å². The van der Waals surface area contributed by atoms with Crippen molar-refractivity contribution in [2.45, 2.75) is 38.5 Å². The number of nitrogens with one attached hydrogen (secondary N) is 1. The summed E-state index contributed by atoms with van der Waals surface area (Å²) in [6, 6.07) is 8.66. The van der Waals surface area contributed by atoms with Crippen molar-refractivity contribution in [1.82, 2.24) is 5.32 Å². The number of methoxy groups -OCH3 is 1. The van der Waals surface area contributed by atoms with Gasteiger partial charge in [0.1, 0.15) is 0 Å². The summed E-state index contributed by atoms with van der Waals surface area (Å²) in [6.07, 6.45) is 8.23. The van der Waals surface area contributed by atoms with Crippen LogP contribution in [-0.4, -0.2) is 26.8 Å². The molecule has 1 atom stereocenters. The fourth-order valence-corrected chi connectivity index (χ4v) is 3.87. The zero-order valence-electron chi connectivity index (χ0n) is 13.1. The summed E-state index contributed by atoms with van der Waals surface area (Å²) in [7, 11) is 1.77. The highest BCUT2D eigenvalue weighted by Crippen LogP contribution is 2.33. The number of rotatable bonds is 8. The molecular weight excluding hydrogens is 326 g/mol. The van der Waals surface area contributed by atoms with E-state index in [9.17, 15) is 0 Å². The Labute approximate surface area is 137 Å². The Morgan fingerprint density at radius 1 is 1.24 bits per heavy atom. The van der Waals surface area contributed by atoms with E-state index in [2.05, 4.69) is 45.5 Å². The van der Waals surface area contributed by atoms with Crippen LogP contribution in [0.5, 0.6) is 0 Å². The summed E-state index contributed by atoms with van der Waals surface area (Å²) in [5, 5.41) is 3.58. The largest absolute Gasteiger partial charge is 0.383 e. The Morgan fingerprint density at radius 3 is 2.71 bits per heavy atom. The monoisotopic (exact) mass is 353 g/mol. The molecule has 1 N–H and O–H groups in total. The Kier molecular flexibility index (Phi) is 7.76. The van der Waals surface area contributed by atoms with Gasteiger partial charge in [0.25, 0.3) is 0 Å². The molecule has 1 aliphatic rings. The van der Waals surface area contributed by atoms with Gasteiger partial charge in [0, 0.05) is 18.1 Å². The van der Waals surface area contributed by atoms with Gasteiger partial charge in [-0.3, -0.25) is 0 Å². The van der Waals surface area contributed by atoms with Crippen LogP contribution in [0, 0.1) is 11.8 Å². The van der Waals surface area contributed by atoms with E-state index in [0.29, 0.717) is 0 Å². The van der Waals surface area contributed by atoms with Crippen LogP contribution in [0.4, 0.5) is 0 Å². The van der Waals surface area contributed by atoms with Crippen LogP contribution in [0.1, 0.15) is 37.7 Å². The molecule has 2 nitrogen and oxygen atoms in total. The van der Waals surface area contributed by atoms with E-state index in [-0.39, 0.29) is 0 Å². The summed E-state index contributed by atoms with van der Waals surface area (Å²) in [6.45, 7) is 2.86. The van der Waals surface area contributed by atoms with E-state index in [0.717, 1.165) is 31.5 Å². The lowest BCUT2D eigenvalue weighted by molar-refractivity contribution is 0.190. The van der Waals surface area contributed by atoms with Gasteiger partial charge < -0.3 is 10.1 Å². The maximum atomic E-state index is 5.14. The molecule has 0 aromatic heterocycles. The molecular formula is C18H28BrNO. The average molecular weight is 354 g/mol. The van der Waals surface area contributed by atoms with Gasteiger partial charge in [0.2, 0.25) is 0 Å². The lowest BCUT2D eigenvalue weighted by atomic mass is 9.77. The molecule has 0 aliphatic heterocycles. The van der Waals surface area contributed by atoms with Crippen molar-refractivity contribution in [2.75, 3.05) is 26.8 Å². The maximum Gasteiger partial charge on any atom is 0.0587 e. The lowest BCUT2D eigenvalue weighted by Gasteiger charge is -2.31. The Hall–Kier alpha value is -0.380. The predicted octanol–water partition coefficient (Wildman–Crippen LogP) is 4.42. The summed E-state index contributed by atoms with van der Waals surface area (Å²) < 4.78 is 6.39. The summed E-state index contributed by atoms with van der Waals surface area (Å²) in [5.74, 6) is 1.61. The van der Waals surface area contributed by atoms with E-state index in [1.807, 2.05) is 0 Å². The normalized spacial score (nSPS) is 17.8. The fraction of sp³-hybridized carbons (Fsp3) is 0.667. The first-order valence-electron chi connectivity index (χ1n) is 8.24. The van der Waals surface area contributed by atoms with Crippen LogP contribution >= 0.6 is 15.9 Å². The maximum absolute atomic E-state index is 5.14. The minimum absolute atomic E-state index is 0.737. The first-order chi connectivity index (χ1) is 10.3. The second-order valence-electron chi connectivity index (χ2n) is 6.15. The van der Waals surface area contributed by atoms with Gasteiger partial charge in [-0.05, 0) is 36.4 Å². The van der Waals surface area contributed by atoms with Crippen molar-refractivity contribution in [2.24, 2.45) is 11.8 Å². The van der Waals surface area contributed by atoms with Gasteiger partial charge in [0.15, 0.2) is 0 Å². The summed E-state index contributed by atoms with van der Waals surface area (Å²) >= 11 is 3.70. The second kappa shape index (κ2) is 9.60. The Morgan fingerprint density at radius 2 is 2.00 bits per heavy atom. The minimum atomic E-state index is 0.737. The summed E-state index contributed by atoms with van der Waals surface area (Å²) in [5.41, 5.74) is 1.45. The minimum Gasteiger partial charge on any atom is -0.383 e. The SMILES string of the molecule is COCCNCC(Cc1ccccc1Br)C1CCCCC1. The molecule has 1 fully saturated rings. The number of hydrogen-bond donors (Lipinski definition) is 1. The molecule has 1 saturated carbocycles. The second-order valence-corrected chi connectivity index (χ2v) is 7.00. The van der Waals surface area contributed by atoms with Gasteiger partial charge in [-0.25, -0.2) is 0 Å². The van der Waals surface area contributed by atoms with E-state index in [1.54, 1.807) is 7.11 Å². The quantitative estimate of drug-likeness (QED) is 0.698. The van der Waals surface area contributed by atoms with Crippen LogP contribution < -0.4 is 5.32 Å². The molecule has 118 valence electrons. The molecule has 1 unspecified atom stereocenters. The average Bonchev–Trinajstić information content (AvgIpc) is 2.53. The van der Waals surface area contributed by atoms with Gasteiger partial charge in [-0.15, -0.1) is 0 Å². The van der Waals surface area contributed by atoms with Gasteiger partial charge in [-0.1, -0.05) is 66.2 Å². The van der Waals surface area contributed by atoms with E-state index in [1.165, 1.54) is 48.6 Å². The van der Waals surface area contributed by atoms with E-state index >= 15 is 0 Å². The Balaban J connectivity index is 1.95. The zero-order chi connectivity index (χ0) is 14.9. The van der Waals surface area contributed by atoms with Crippen LogP contribution in [-0.2, 0) is 11.2 Å². The molecule has 3 heteroatoms. The number of hydrogen-bond acceptors (Lipinski definition) is 2. The highest BCUT2D eigenvalue weighted by Gasteiger charge is 2.24. The third kappa shape index (κ3) is 5.72. The molecule has 0 radical (unpaired) electrons. The number of ether oxygens (including phenoxy) is 1. The molecule has 0 bridgehead atoms. The predicted molar refractivity (Wildman–Crippen MR) is 92.7 cm³/mol. The van der Waals surface area contributed by atoms with Gasteiger partial charge >= 0.3 is 0 Å². The lowest BCUT2D eigenvalue weighted by Crippen LogP contribution is -2.32. The first-order valence-corrected chi connectivity index (χ1v) is 9.03. The fourth-order valence-electron chi connectivity index (χ4n) is 3.42. The number of halogens is 1. The van der Waals surface area contributed by atoms with Crippen molar-refractivity contribution in [3.63, 3.8) is 0 Å². The van der Waals surface area contributed by atoms with Crippen molar-refractivity contribution >= 4 is 15.9 Å². The molecule has 0 heterocycles. The highest BCUT2D eigenvalue weighted by molar-refractivity contribution is 9.10. The smallest absolute Gasteiger partial charge is 0.0587 e. The van der Waals surface area contributed by atoms with Crippen molar-refractivity contribution < 1.29 is 4.74 Å². The first kappa shape index (κ1) is 17.0. The molecule has 0 saturated heterocycles. The highest BCUT2D eigenvalue weighted by atomic mass is 79.9. The van der Waals surface area contributed by atoms with Gasteiger partial charge in [0.05, 0.1) is 6.61 Å². The van der Waals surface area contributed by atoms with Crippen molar-refractivity contribution in [3.05, 3.63) is 34.3 Å². The molecule has 1 aromatic rings. The molecule has 0 spiro atoms. The third-order valence-corrected chi connectivity index (χ3v) is 5.42. The Bertz CT molecular complexity index is 404. The topological polar surface area (TPSA) is 21.3 Å². The van der Waals surface area contributed by atoms with Crippen LogP contribution in [0.2, 0.25) is 0 Å². The molecule has 1 aromatic carbocycles. The molecule has 0 amide bonds. The van der Waals surface area contributed by atoms with E-state index in [4.69, 9.17) is 4.74 Å². The molecule has 2 rings (SSSR count). The molecule has 1 aliphatic carbocycles. The number of benzene rings is 1. The molecule has 21 heavy (non-hydrogen) atoms. The van der Waals surface area contributed by atoms with Crippen molar-refractivity contribution in [1.29, 1.82) is 0 Å². The third-order valence-electron chi connectivity index (χ3n) is 4.65. The van der Waals surface area contributed by atoms with Crippen LogP contribution in [0.15, 0.2) is 28.7 Å². The summed E-state index contributed by atoms with van der Waals surface area (Å²) in [4.78, 5) is 0.